The molecular weight excluding hydrogens is 270 g/mol. The van der Waals surface area contributed by atoms with Gasteiger partial charge in [-0.1, -0.05) is 6.42 Å². The molecule has 0 aromatic rings. The molecule has 3 heterocycles. The summed E-state index contributed by atoms with van der Waals surface area (Å²) < 4.78 is 5.87. The first-order chi connectivity index (χ1) is 9.95. The van der Waals surface area contributed by atoms with Gasteiger partial charge in [0.2, 0.25) is 5.91 Å². The number of aliphatic carboxylic acids is 1. The maximum Gasteiger partial charge on any atom is 0.311 e. The highest BCUT2D eigenvalue weighted by molar-refractivity contribution is 5.86. The molecule has 1 aliphatic carbocycles. The molecule has 1 saturated carbocycles. The normalized spacial score (nSPS) is 47.9. The van der Waals surface area contributed by atoms with E-state index in [2.05, 4.69) is 0 Å². The number of carboxylic acids is 1. The summed E-state index contributed by atoms with van der Waals surface area (Å²) in [5.74, 6) is -0.443. The average Bonchev–Trinajstić information content (AvgIpc) is 3.15. The van der Waals surface area contributed by atoms with E-state index in [4.69, 9.17) is 4.74 Å². The van der Waals surface area contributed by atoms with Gasteiger partial charge in [0, 0.05) is 13.1 Å². The molecule has 4 rings (SSSR count). The minimum atomic E-state index is -0.713. The van der Waals surface area contributed by atoms with Crippen molar-refractivity contribution in [2.45, 2.75) is 57.7 Å². The van der Waals surface area contributed by atoms with E-state index in [1.165, 1.54) is 0 Å². The van der Waals surface area contributed by atoms with Gasteiger partial charge in [0.25, 0.3) is 0 Å². The smallest absolute Gasteiger partial charge is 0.311 e. The van der Waals surface area contributed by atoms with Gasteiger partial charge < -0.3 is 14.7 Å². The summed E-state index contributed by atoms with van der Waals surface area (Å²) in [7, 11) is 0. The van der Waals surface area contributed by atoms with Crippen LogP contribution in [0.2, 0.25) is 0 Å². The van der Waals surface area contributed by atoms with Gasteiger partial charge in [-0.15, -0.1) is 0 Å². The molecule has 1 amide bonds. The van der Waals surface area contributed by atoms with Crippen LogP contribution in [-0.2, 0) is 14.3 Å². The highest BCUT2D eigenvalue weighted by atomic mass is 16.5. The molecule has 4 aliphatic rings. The van der Waals surface area contributed by atoms with E-state index < -0.39 is 16.8 Å². The summed E-state index contributed by atoms with van der Waals surface area (Å²) in [5, 5.41) is 9.65. The van der Waals surface area contributed by atoms with Crippen LogP contribution in [0.5, 0.6) is 0 Å². The van der Waals surface area contributed by atoms with Crippen molar-refractivity contribution in [1.29, 1.82) is 0 Å². The topological polar surface area (TPSA) is 66.8 Å². The Hall–Kier alpha value is -1.10. The monoisotopic (exact) mass is 293 g/mol. The van der Waals surface area contributed by atoms with E-state index in [1.807, 2.05) is 11.8 Å². The fraction of sp³-hybridized carbons (Fsp3) is 0.875. The predicted molar refractivity (Wildman–Crippen MR) is 74.6 cm³/mol. The Morgan fingerprint density at radius 1 is 1.29 bits per heavy atom. The largest absolute Gasteiger partial charge is 0.481 e. The first kappa shape index (κ1) is 13.6. The molecule has 4 fully saturated rings. The first-order valence-corrected chi connectivity index (χ1v) is 8.14. The Kier molecular flexibility index (Phi) is 2.72. The van der Waals surface area contributed by atoms with Crippen LogP contribution in [-0.4, -0.2) is 47.2 Å². The molecule has 0 spiro atoms. The SMILES string of the molecule is CC1(C(=O)N2C[C@@H]3CCC[C@@]3(C(=O)O)C2)CC2CCC1O2. The molecule has 5 nitrogen and oxygen atoms in total. The predicted octanol–water partition coefficient (Wildman–Crippen LogP) is 1.66. The van der Waals surface area contributed by atoms with Crippen LogP contribution in [0, 0.1) is 16.7 Å². The fourth-order valence-electron chi connectivity index (χ4n) is 5.31. The van der Waals surface area contributed by atoms with Crippen LogP contribution in [0.4, 0.5) is 0 Å². The van der Waals surface area contributed by atoms with Gasteiger partial charge in [0.05, 0.1) is 23.0 Å². The van der Waals surface area contributed by atoms with Crippen LogP contribution in [0.1, 0.15) is 45.4 Å². The third kappa shape index (κ3) is 1.67. The Labute approximate surface area is 124 Å². The number of carboxylic acid groups (broad SMARTS) is 1. The lowest BCUT2D eigenvalue weighted by Crippen LogP contribution is -2.47. The lowest BCUT2D eigenvalue weighted by molar-refractivity contribution is -0.150. The summed E-state index contributed by atoms with van der Waals surface area (Å²) in [6.45, 7) is 3.04. The second-order valence-electron chi connectivity index (χ2n) is 7.68. The molecule has 0 aromatic heterocycles. The van der Waals surface area contributed by atoms with Crippen molar-refractivity contribution in [1.82, 2.24) is 4.90 Å². The van der Waals surface area contributed by atoms with Gasteiger partial charge in [0.15, 0.2) is 0 Å². The zero-order valence-electron chi connectivity index (χ0n) is 12.5. The Balaban J connectivity index is 1.56. The molecule has 116 valence electrons. The lowest BCUT2D eigenvalue weighted by atomic mass is 9.74. The maximum atomic E-state index is 13.0. The number of carbonyl (C=O) groups excluding carboxylic acids is 1. The van der Waals surface area contributed by atoms with E-state index >= 15 is 0 Å². The molecule has 3 saturated heterocycles. The second-order valence-corrected chi connectivity index (χ2v) is 7.68. The molecule has 2 bridgehead atoms. The van der Waals surface area contributed by atoms with E-state index in [0.29, 0.717) is 13.1 Å². The van der Waals surface area contributed by atoms with Crippen molar-refractivity contribution in [2.24, 2.45) is 16.7 Å². The number of hydrogen-bond acceptors (Lipinski definition) is 3. The number of carbonyl (C=O) groups is 2. The number of amides is 1. The summed E-state index contributed by atoms with van der Waals surface area (Å²) in [6.07, 6.45) is 5.74. The van der Waals surface area contributed by atoms with Gasteiger partial charge in [-0.05, 0) is 44.9 Å². The van der Waals surface area contributed by atoms with Crippen LogP contribution >= 0.6 is 0 Å². The average molecular weight is 293 g/mol. The molecule has 0 aromatic carbocycles. The van der Waals surface area contributed by atoms with Crippen LogP contribution in [0.25, 0.3) is 0 Å². The van der Waals surface area contributed by atoms with Gasteiger partial charge in [-0.3, -0.25) is 9.59 Å². The number of rotatable bonds is 2. The van der Waals surface area contributed by atoms with Gasteiger partial charge in [0.1, 0.15) is 0 Å². The fourth-order valence-corrected chi connectivity index (χ4v) is 5.31. The van der Waals surface area contributed by atoms with E-state index in [-0.39, 0.29) is 24.0 Å². The quantitative estimate of drug-likeness (QED) is 0.841. The van der Waals surface area contributed by atoms with Crippen molar-refractivity contribution in [3.8, 4) is 0 Å². The van der Waals surface area contributed by atoms with Crippen LogP contribution < -0.4 is 0 Å². The van der Waals surface area contributed by atoms with E-state index in [9.17, 15) is 14.7 Å². The van der Waals surface area contributed by atoms with Crippen molar-refractivity contribution >= 4 is 11.9 Å². The van der Waals surface area contributed by atoms with Gasteiger partial charge in [-0.25, -0.2) is 0 Å². The van der Waals surface area contributed by atoms with Gasteiger partial charge in [-0.2, -0.15) is 0 Å². The molecule has 5 heteroatoms. The van der Waals surface area contributed by atoms with Crippen molar-refractivity contribution in [3.05, 3.63) is 0 Å². The minimum absolute atomic E-state index is 0.0382. The third-order valence-corrected chi connectivity index (χ3v) is 6.54. The van der Waals surface area contributed by atoms with Crippen molar-refractivity contribution < 1.29 is 19.4 Å². The Bertz CT molecular complexity index is 507. The molecule has 5 atom stereocenters. The summed E-state index contributed by atoms with van der Waals surface area (Å²) >= 11 is 0. The Morgan fingerprint density at radius 2 is 2.10 bits per heavy atom. The number of ether oxygens (including phenoxy) is 1. The number of hydrogen-bond donors (Lipinski definition) is 1. The molecule has 3 unspecified atom stereocenters. The number of nitrogens with zero attached hydrogens (tertiary/aromatic N) is 1. The summed E-state index contributed by atoms with van der Waals surface area (Å²) in [5.41, 5.74) is -1.11. The first-order valence-electron chi connectivity index (χ1n) is 8.14. The highest BCUT2D eigenvalue weighted by Crippen LogP contribution is 2.53. The highest BCUT2D eigenvalue weighted by Gasteiger charge is 2.60. The van der Waals surface area contributed by atoms with E-state index in [0.717, 1.165) is 38.5 Å². The Morgan fingerprint density at radius 3 is 2.67 bits per heavy atom. The number of fused-ring (bicyclic) bond motifs is 3. The second kappa shape index (κ2) is 4.22. The molecule has 3 aliphatic heterocycles. The molecule has 21 heavy (non-hydrogen) atoms. The minimum Gasteiger partial charge on any atom is -0.481 e. The molecule has 0 radical (unpaired) electrons. The standard InChI is InChI=1S/C16H23NO4/c1-15(7-11-4-5-12(15)21-11)13(18)17-8-10-3-2-6-16(10,9-17)14(19)20/h10-12H,2-9H2,1H3,(H,19,20)/t10-,11?,12?,15?,16+/m0/s1. The molecular formula is C16H23NO4. The van der Waals surface area contributed by atoms with Crippen molar-refractivity contribution in [3.63, 3.8) is 0 Å². The third-order valence-electron chi connectivity index (χ3n) is 6.54. The zero-order valence-corrected chi connectivity index (χ0v) is 12.5. The van der Waals surface area contributed by atoms with E-state index in [1.54, 1.807) is 0 Å². The summed E-state index contributed by atoms with van der Waals surface area (Å²) in [4.78, 5) is 26.6. The molecule has 1 N–H and O–H groups in total. The van der Waals surface area contributed by atoms with Crippen LogP contribution in [0.15, 0.2) is 0 Å². The number of likely N-dealkylation sites (tertiary alicyclic amines) is 1. The zero-order chi connectivity index (χ0) is 14.8. The van der Waals surface area contributed by atoms with Crippen LogP contribution in [0.3, 0.4) is 0 Å². The maximum absolute atomic E-state index is 13.0. The summed E-state index contributed by atoms with van der Waals surface area (Å²) in [6, 6.07) is 0. The lowest BCUT2D eigenvalue weighted by Gasteiger charge is -2.34. The van der Waals surface area contributed by atoms with Gasteiger partial charge >= 0.3 is 5.97 Å². The van der Waals surface area contributed by atoms with Crippen molar-refractivity contribution in [2.75, 3.05) is 13.1 Å².